The second kappa shape index (κ2) is 9.18. The van der Waals surface area contributed by atoms with Crippen LogP contribution in [-0.4, -0.2) is 33.7 Å². The lowest BCUT2D eigenvalue weighted by Crippen LogP contribution is -2.57. The highest BCUT2D eigenvalue weighted by atomic mass is 32.2. The molecular formula is C25H29NO4S2. The molecule has 4 aliphatic carbocycles. The number of thiocarbonyl (C=S) groups is 1. The zero-order chi connectivity index (χ0) is 22.2. The molecule has 1 aromatic heterocycles. The van der Waals surface area contributed by atoms with Crippen molar-refractivity contribution in [1.29, 1.82) is 0 Å². The van der Waals surface area contributed by atoms with E-state index >= 15 is 0 Å². The number of hydrogen-bond acceptors (Lipinski definition) is 6. The van der Waals surface area contributed by atoms with Crippen LogP contribution in [0.1, 0.15) is 63.4 Å². The summed E-state index contributed by atoms with van der Waals surface area (Å²) in [4.78, 5) is 27.6. The van der Waals surface area contributed by atoms with Crippen LogP contribution in [0, 0.1) is 23.7 Å². The Balaban J connectivity index is 1.25. The Labute approximate surface area is 198 Å². The fourth-order valence-corrected chi connectivity index (χ4v) is 7.56. The van der Waals surface area contributed by atoms with E-state index in [1.54, 1.807) is 24.3 Å². The van der Waals surface area contributed by atoms with Crippen molar-refractivity contribution >= 4 is 52.3 Å². The third-order valence-electron chi connectivity index (χ3n) is 7.35. The van der Waals surface area contributed by atoms with E-state index in [2.05, 4.69) is 0 Å². The largest absolute Gasteiger partial charge is 0.463 e. The summed E-state index contributed by atoms with van der Waals surface area (Å²) < 4.78 is 11.6. The Morgan fingerprint density at radius 3 is 2.56 bits per heavy atom. The summed E-state index contributed by atoms with van der Waals surface area (Å²) in [6.07, 6.45) is 13.0. The first-order valence-corrected chi connectivity index (χ1v) is 13.0. The first-order chi connectivity index (χ1) is 15.5. The number of hydrogen-bond donors (Lipinski definition) is 0. The van der Waals surface area contributed by atoms with Gasteiger partial charge in [-0.3, -0.25) is 9.69 Å². The highest BCUT2D eigenvalue weighted by molar-refractivity contribution is 8.26. The molecule has 1 aliphatic heterocycles. The first kappa shape index (κ1) is 22.0. The molecule has 0 atom stereocenters. The third kappa shape index (κ3) is 4.34. The molecule has 0 aromatic carbocycles. The SMILES string of the molecule is CCCCOC(=O)C=Cc1ccc(C=C2SC(=S)N(C3C4CC5CC(C4)CC3C5)C2=O)o1. The molecule has 6 rings (SSSR count). The molecule has 1 saturated heterocycles. The summed E-state index contributed by atoms with van der Waals surface area (Å²) in [6.45, 7) is 2.47. The number of unbranched alkanes of at least 4 members (excludes halogenated alkanes) is 1. The molecule has 5 aliphatic rings. The van der Waals surface area contributed by atoms with Gasteiger partial charge >= 0.3 is 5.97 Å². The zero-order valence-corrected chi connectivity index (χ0v) is 20.0. The van der Waals surface area contributed by atoms with Crippen molar-refractivity contribution in [3.05, 3.63) is 34.6 Å². The van der Waals surface area contributed by atoms with Crippen molar-refractivity contribution < 1.29 is 18.7 Å². The van der Waals surface area contributed by atoms with Gasteiger partial charge in [0.25, 0.3) is 5.91 Å². The van der Waals surface area contributed by atoms with Crippen molar-refractivity contribution in [2.24, 2.45) is 23.7 Å². The molecule has 4 saturated carbocycles. The number of nitrogens with zero attached hydrogens (tertiary/aromatic N) is 1. The van der Waals surface area contributed by atoms with Gasteiger partial charge in [-0.2, -0.15) is 0 Å². The molecule has 4 bridgehead atoms. The lowest BCUT2D eigenvalue weighted by atomic mass is 9.54. The van der Waals surface area contributed by atoms with Gasteiger partial charge in [0.1, 0.15) is 15.8 Å². The fourth-order valence-electron chi connectivity index (χ4n) is 6.24. The molecule has 7 heteroatoms. The van der Waals surface area contributed by atoms with Crippen LogP contribution in [-0.2, 0) is 14.3 Å². The monoisotopic (exact) mass is 471 g/mol. The molecule has 0 radical (unpaired) electrons. The van der Waals surface area contributed by atoms with Gasteiger partial charge < -0.3 is 9.15 Å². The van der Waals surface area contributed by atoms with E-state index in [1.807, 2.05) is 11.8 Å². The van der Waals surface area contributed by atoms with Crippen LogP contribution in [0.5, 0.6) is 0 Å². The van der Waals surface area contributed by atoms with Crippen LogP contribution >= 0.6 is 24.0 Å². The minimum atomic E-state index is -0.382. The molecule has 32 heavy (non-hydrogen) atoms. The Hall–Kier alpha value is -1.86. The molecule has 170 valence electrons. The molecule has 0 unspecified atom stereocenters. The average Bonchev–Trinajstić information content (AvgIpc) is 3.31. The number of amides is 1. The van der Waals surface area contributed by atoms with Crippen molar-refractivity contribution in [1.82, 2.24) is 4.90 Å². The maximum Gasteiger partial charge on any atom is 0.330 e. The Kier molecular flexibility index (Phi) is 6.30. The van der Waals surface area contributed by atoms with Crippen molar-refractivity contribution in [3.63, 3.8) is 0 Å². The minimum absolute atomic E-state index is 0.0190. The van der Waals surface area contributed by atoms with E-state index in [9.17, 15) is 9.59 Å². The summed E-state index contributed by atoms with van der Waals surface area (Å²) >= 11 is 7.04. The highest BCUT2D eigenvalue weighted by Gasteiger charge is 2.53. The summed E-state index contributed by atoms with van der Waals surface area (Å²) in [5.74, 6) is 3.69. The van der Waals surface area contributed by atoms with E-state index in [4.69, 9.17) is 21.4 Å². The molecule has 5 fully saturated rings. The van der Waals surface area contributed by atoms with Crippen LogP contribution in [0.2, 0.25) is 0 Å². The maximum atomic E-state index is 13.3. The van der Waals surface area contributed by atoms with Gasteiger partial charge in [0.2, 0.25) is 0 Å². The molecule has 0 N–H and O–H groups in total. The molecular weight excluding hydrogens is 442 g/mol. The smallest absolute Gasteiger partial charge is 0.330 e. The maximum absolute atomic E-state index is 13.3. The second-order valence-electron chi connectivity index (χ2n) is 9.57. The number of carbonyl (C=O) groups excluding carboxylic acids is 2. The number of carbonyl (C=O) groups is 2. The number of ether oxygens (including phenoxy) is 1. The van der Waals surface area contributed by atoms with Crippen molar-refractivity contribution in [2.75, 3.05) is 6.61 Å². The van der Waals surface area contributed by atoms with E-state index in [-0.39, 0.29) is 17.9 Å². The summed E-state index contributed by atoms with van der Waals surface area (Å²) in [5.41, 5.74) is 0. The Bertz CT molecular complexity index is 950. The number of esters is 1. The summed E-state index contributed by atoms with van der Waals surface area (Å²) in [5, 5.41) is 0. The van der Waals surface area contributed by atoms with Crippen LogP contribution in [0.25, 0.3) is 12.2 Å². The summed E-state index contributed by atoms with van der Waals surface area (Å²) in [6, 6.07) is 3.85. The minimum Gasteiger partial charge on any atom is -0.463 e. The predicted molar refractivity (Wildman–Crippen MR) is 129 cm³/mol. The van der Waals surface area contributed by atoms with Gasteiger partial charge in [0.15, 0.2) is 0 Å². The Morgan fingerprint density at radius 2 is 1.88 bits per heavy atom. The van der Waals surface area contributed by atoms with Gasteiger partial charge in [-0.05, 0) is 80.4 Å². The number of furan rings is 1. The normalized spacial score (nSPS) is 32.6. The van der Waals surface area contributed by atoms with E-state index in [1.165, 1.54) is 49.9 Å². The predicted octanol–water partition coefficient (Wildman–Crippen LogP) is 5.66. The van der Waals surface area contributed by atoms with Gasteiger partial charge in [0, 0.05) is 18.2 Å². The topological polar surface area (TPSA) is 59.8 Å². The molecule has 2 heterocycles. The zero-order valence-electron chi connectivity index (χ0n) is 18.3. The number of rotatable bonds is 7. The van der Waals surface area contributed by atoms with E-state index in [0.29, 0.717) is 39.2 Å². The third-order valence-corrected chi connectivity index (χ3v) is 8.68. The first-order valence-electron chi connectivity index (χ1n) is 11.7. The van der Waals surface area contributed by atoms with E-state index in [0.717, 1.165) is 24.7 Å². The molecule has 1 amide bonds. The van der Waals surface area contributed by atoms with Gasteiger partial charge in [-0.25, -0.2) is 4.79 Å². The summed E-state index contributed by atoms with van der Waals surface area (Å²) in [7, 11) is 0. The average molecular weight is 472 g/mol. The quantitative estimate of drug-likeness (QED) is 0.221. The lowest BCUT2D eigenvalue weighted by Gasteiger charge is -2.56. The van der Waals surface area contributed by atoms with Crippen LogP contribution in [0.4, 0.5) is 0 Å². The van der Waals surface area contributed by atoms with Gasteiger partial charge in [-0.1, -0.05) is 37.3 Å². The molecule has 0 spiro atoms. The lowest BCUT2D eigenvalue weighted by molar-refractivity contribution is -0.137. The van der Waals surface area contributed by atoms with Crippen LogP contribution in [0.15, 0.2) is 27.5 Å². The van der Waals surface area contributed by atoms with Crippen LogP contribution in [0.3, 0.4) is 0 Å². The molecule has 5 nitrogen and oxygen atoms in total. The standard InChI is InChI=1S/C25H29NO4S2/c1-2-3-8-29-22(27)7-6-19-4-5-20(30-19)14-21-24(28)26(25(31)32-21)23-17-10-15-9-16(12-17)13-18(23)11-15/h4-7,14-18,23H,2-3,8-13H2,1H3. The van der Waals surface area contributed by atoms with Gasteiger partial charge in [-0.15, -0.1) is 0 Å². The number of thioether (sulfide) groups is 1. The van der Waals surface area contributed by atoms with Crippen molar-refractivity contribution in [3.8, 4) is 0 Å². The Morgan fingerprint density at radius 1 is 1.19 bits per heavy atom. The van der Waals surface area contributed by atoms with Crippen molar-refractivity contribution in [2.45, 2.75) is 57.9 Å². The van der Waals surface area contributed by atoms with Gasteiger partial charge in [0.05, 0.1) is 11.5 Å². The second-order valence-corrected chi connectivity index (χ2v) is 11.2. The van der Waals surface area contributed by atoms with E-state index < -0.39 is 0 Å². The highest BCUT2D eigenvalue weighted by Crippen LogP contribution is 2.56. The fraction of sp³-hybridized carbons (Fsp3) is 0.560. The molecule has 1 aromatic rings. The van der Waals surface area contributed by atoms with Crippen LogP contribution < -0.4 is 0 Å².